The minimum atomic E-state index is -0.684. The molecular formula is C9H10N2O4S. The van der Waals surface area contributed by atoms with Crippen molar-refractivity contribution in [1.29, 1.82) is 0 Å². The maximum Gasteiger partial charge on any atom is 0.330 e. The first-order valence-electron chi connectivity index (χ1n) is 4.72. The van der Waals surface area contributed by atoms with Crippen LogP contribution in [0, 0.1) is 0 Å². The molecule has 0 saturated carbocycles. The Bertz CT molecular complexity index is 521. The highest BCUT2D eigenvalue weighted by Gasteiger charge is 2.31. The van der Waals surface area contributed by atoms with Gasteiger partial charge in [-0.2, -0.15) is 0 Å². The van der Waals surface area contributed by atoms with Crippen LogP contribution < -0.4 is 11.2 Å². The molecule has 6 nitrogen and oxygen atoms in total. The molecule has 0 spiro atoms. The van der Waals surface area contributed by atoms with Crippen LogP contribution in [-0.2, 0) is 4.74 Å². The number of aliphatic hydroxyl groups excluding tert-OH is 1. The first-order valence-corrected chi connectivity index (χ1v) is 5.13. The molecule has 1 aliphatic rings. The van der Waals surface area contributed by atoms with Gasteiger partial charge in [-0.3, -0.25) is 14.3 Å². The number of hydrogen-bond acceptors (Lipinski definition) is 5. The predicted molar refractivity (Wildman–Crippen MR) is 59.5 cm³/mol. The van der Waals surface area contributed by atoms with Gasteiger partial charge in [-0.1, -0.05) is 12.2 Å². The van der Waals surface area contributed by atoms with Gasteiger partial charge in [0.05, 0.1) is 12.7 Å². The van der Waals surface area contributed by atoms with Crippen molar-refractivity contribution in [2.45, 2.75) is 18.8 Å². The third-order valence-electron chi connectivity index (χ3n) is 2.33. The van der Waals surface area contributed by atoms with Crippen molar-refractivity contribution >= 4 is 17.1 Å². The lowest BCUT2D eigenvalue weighted by molar-refractivity contribution is -0.0114. The topological polar surface area (TPSA) is 84.3 Å². The van der Waals surface area contributed by atoms with E-state index in [1.54, 1.807) is 0 Å². The molecule has 1 saturated heterocycles. The maximum absolute atomic E-state index is 11.5. The summed E-state index contributed by atoms with van der Waals surface area (Å²) in [6, 6.07) is 1.22. The minimum absolute atomic E-state index is 0.144. The summed E-state index contributed by atoms with van der Waals surface area (Å²) in [5.74, 6) is 0. The van der Waals surface area contributed by atoms with Gasteiger partial charge in [-0.25, -0.2) is 4.79 Å². The van der Waals surface area contributed by atoms with Gasteiger partial charge in [0.2, 0.25) is 0 Å². The lowest BCUT2D eigenvalue weighted by Crippen LogP contribution is -2.33. The molecule has 2 rings (SSSR count). The van der Waals surface area contributed by atoms with E-state index in [1.807, 2.05) is 0 Å². The third kappa shape index (κ3) is 1.97. The van der Waals surface area contributed by atoms with E-state index in [0.29, 0.717) is 11.3 Å². The Morgan fingerprint density at radius 2 is 2.38 bits per heavy atom. The summed E-state index contributed by atoms with van der Waals surface area (Å²) >= 11 is 5.07. The molecule has 0 aliphatic carbocycles. The Balaban J connectivity index is 2.35. The molecule has 0 aromatic carbocycles. The molecule has 2 heterocycles. The van der Waals surface area contributed by atoms with E-state index >= 15 is 0 Å². The van der Waals surface area contributed by atoms with Gasteiger partial charge < -0.3 is 9.84 Å². The van der Waals surface area contributed by atoms with Crippen molar-refractivity contribution in [1.82, 2.24) is 9.55 Å². The number of rotatable bonds is 2. The second-order valence-electron chi connectivity index (χ2n) is 3.48. The van der Waals surface area contributed by atoms with E-state index in [2.05, 4.69) is 4.98 Å². The number of nitrogens with one attached hydrogen (secondary N) is 1. The van der Waals surface area contributed by atoms with Crippen LogP contribution in [-0.4, -0.2) is 32.2 Å². The van der Waals surface area contributed by atoms with Crippen molar-refractivity contribution in [2.24, 2.45) is 0 Å². The van der Waals surface area contributed by atoms with Crippen molar-refractivity contribution in [3.05, 3.63) is 33.1 Å². The number of hydrogen-bond donors (Lipinski definition) is 2. The minimum Gasteiger partial charge on any atom is -0.394 e. The number of ether oxygens (including phenoxy) is 1. The van der Waals surface area contributed by atoms with Gasteiger partial charge in [-0.05, 0) is 0 Å². The second-order valence-corrected chi connectivity index (χ2v) is 4.01. The summed E-state index contributed by atoms with van der Waals surface area (Å²) in [6.07, 6.45) is 0.702. The molecule has 16 heavy (non-hydrogen) atoms. The number of nitrogens with zero attached hydrogens (tertiary/aromatic N) is 1. The fourth-order valence-electron chi connectivity index (χ4n) is 1.57. The number of H-pyrrole nitrogens is 1. The quantitative estimate of drug-likeness (QED) is 0.662. The van der Waals surface area contributed by atoms with E-state index in [9.17, 15) is 9.59 Å². The average molecular weight is 242 g/mol. The smallest absolute Gasteiger partial charge is 0.330 e. The molecule has 0 bridgehead atoms. The van der Waals surface area contributed by atoms with Crippen molar-refractivity contribution in [3.63, 3.8) is 0 Å². The van der Waals surface area contributed by atoms with Crippen molar-refractivity contribution in [2.75, 3.05) is 6.61 Å². The summed E-state index contributed by atoms with van der Waals surface area (Å²) in [4.78, 5) is 25.0. The van der Waals surface area contributed by atoms with E-state index in [1.165, 1.54) is 16.8 Å². The Labute approximate surface area is 95.5 Å². The van der Waals surface area contributed by atoms with Crippen LogP contribution in [0.2, 0.25) is 0 Å². The summed E-state index contributed by atoms with van der Waals surface area (Å²) in [7, 11) is 0. The standard InChI is InChI=1S/C9H10N2O4S/c12-4-5-3-6(16)8(15-5)11-2-1-7(13)10-9(11)14/h1-2,5,8,12H,3-4H2,(H,10,13,14)/t5-,8+/m0/s1. The van der Waals surface area contributed by atoms with E-state index in [4.69, 9.17) is 22.1 Å². The van der Waals surface area contributed by atoms with Gasteiger partial charge in [-0.15, -0.1) is 0 Å². The maximum atomic E-state index is 11.5. The highest BCUT2D eigenvalue weighted by atomic mass is 32.1. The largest absolute Gasteiger partial charge is 0.394 e. The number of thiocarbonyl (C=S) groups is 1. The molecule has 0 amide bonds. The normalized spacial score (nSPS) is 24.9. The summed E-state index contributed by atoms with van der Waals surface area (Å²) in [6.45, 7) is -0.144. The van der Waals surface area contributed by atoms with Crippen LogP contribution in [0.25, 0.3) is 0 Å². The van der Waals surface area contributed by atoms with Crippen LogP contribution in [0.4, 0.5) is 0 Å². The molecule has 2 atom stereocenters. The molecular weight excluding hydrogens is 232 g/mol. The first kappa shape index (κ1) is 11.2. The van der Waals surface area contributed by atoms with Crippen LogP contribution >= 0.6 is 12.2 Å². The van der Waals surface area contributed by atoms with E-state index in [-0.39, 0.29) is 12.7 Å². The monoisotopic (exact) mass is 242 g/mol. The molecule has 7 heteroatoms. The lowest BCUT2D eigenvalue weighted by atomic mass is 10.2. The lowest BCUT2D eigenvalue weighted by Gasteiger charge is -2.13. The highest BCUT2D eigenvalue weighted by molar-refractivity contribution is 7.80. The van der Waals surface area contributed by atoms with E-state index < -0.39 is 17.5 Å². The predicted octanol–water partition coefficient (Wildman–Crippen LogP) is -0.814. The fourth-order valence-corrected chi connectivity index (χ4v) is 1.93. The van der Waals surface area contributed by atoms with Crippen LogP contribution in [0.1, 0.15) is 12.6 Å². The van der Waals surface area contributed by atoms with Crippen LogP contribution in [0.5, 0.6) is 0 Å². The Kier molecular flexibility index (Phi) is 2.99. The summed E-state index contributed by atoms with van der Waals surface area (Å²) < 4.78 is 6.59. The number of aromatic amines is 1. The zero-order chi connectivity index (χ0) is 11.7. The first-order chi connectivity index (χ1) is 7.61. The SMILES string of the molecule is O=c1ccn([C@@H]2O[C@H](CO)CC2=S)c(=O)[nH]1. The highest BCUT2D eigenvalue weighted by Crippen LogP contribution is 2.24. The van der Waals surface area contributed by atoms with Crippen molar-refractivity contribution < 1.29 is 9.84 Å². The molecule has 2 N–H and O–H groups in total. The molecule has 0 unspecified atom stereocenters. The Morgan fingerprint density at radius 3 is 2.94 bits per heavy atom. The van der Waals surface area contributed by atoms with Crippen molar-refractivity contribution in [3.8, 4) is 0 Å². The van der Waals surface area contributed by atoms with Crippen LogP contribution in [0.15, 0.2) is 21.9 Å². The van der Waals surface area contributed by atoms with Gasteiger partial charge in [0, 0.05) is 23.5 Å². The van der Waals surface area contributed by atoms with Gasteiger partial charge in [0.25, 0.3) is 5.56 Å². The second kappa shape index (κ2) is 4.28. The summed E-state index contributed by atoms with van der Waals surface area (Å²) in [5.41, 5.74) is -1.04. The third-order valence-corrected chi connectivity index (χ3v) is 2.70. The Hall–Kier alpha value is -1.31. The molecule has 0 radical (unpaired) electrons. The van der Waals surface area contributed by atoms with Gasteiger partial charge in [0.15, 0.2) is 6.23 Å². The number of aromatic nitrogens is 2. The van der Waals surface area contributed by atoms with Gasteiger partial charge >= 0.3 is 5.69 Å². The average Bonchev–Trinajstić information content (AvgIpc) is 2.60. The molecule has 1 aliphatic heterocycles. The van der Waals surface area contributed by atoms with Gasteiger partial charge in [0.1, 0.15) is 0 Å². The summed E-state index contributed by atoms with van der Waals surface area (Å²) in [5, 5.41) is 8.93. The Morgan fingerprint density at radius 1 is 1.62 bits per heavy atom. The zero-order valence-electron chi connectivity index (χ0n) is 8.25. The van der Waals surface area contributed by atoms with E-state index in [0.717, 1.165) is 0 Å². The number of aliphatic hydroxyl groups is 1. The molecule has 1 fully saturated rings. The van der Waals surface area contributed by atoms with Crippen LogP contribution in [0.3, 0.4) is 0 Å². The zero-order valence-corrected chi connectivity index (χ0v) is 9.07. The molecule has 86 valence electrons. The molecule has 1 aromatic heterocycles. The molecule has 1 aromatic rings. The fraction of sp³-hybridized carbons (Fsp3) is 0.444.